The second-order valence-electron chi connectivity index (χ2n) is 7.47. The van der Waals surface area contributed by atoms with Crippen molar-refractivity contribution in [3.05, 3.63) is 46.5 Å². The van der Waals surface area contributed by atoms with Gasteiger partial charge in [0.15, 0.2) is 0 Å². The van der Waals surface area contributed by atoms with Gasteiger partial charge in [0.25, 0.3) is 5.69 Å². The van der Waals surface area contributed by atoms with Gasteiger partial charge in [-0.1, -0.05) is 18.2 Å². The Labute approximate surface area is 160 Å². The zero-order valence-corrected chi connectivity index (χ0v) is 15.2. The number of imide groups is 1. The SMILES string of the molecule is C[C@H](NC(=O)Nc1cccc([N+](=O)[O-])c1)N1C(=O)[C@@H]2[C@@H](C1=O)[C@H]1C=C[C@H]2CC1. The average molecular weight is 384 g/mol. The molecule has 0 unspecified atom stereocenters. The number of fused-ring (bicyclic) bond motifs is 1. The van der Waals surface area contributed by atoms with Gasteiger partial charge < -0.3 is 10.6 Å². The molecule has 4 amide bonds. The van der Waals surface area contributed by atoms with Crippen LogP contribution in [0.5, 0.6) is 0 Å². The standard InChI is InChI=1S/C19H20N4O5/c1-10(20-19(26)21-13-3-2-4-14(9-13)23(27)28)22-17(24)15-11-5-6-12(8-7-11)16(15)18(22)25/h2-6,9-12,15-16H,7-8H2,1H3,(H2,20,21,26)/t10-,11+,12+,15+,16+/m1/s1. The van der Waals surface area contributed by atoms with E-state index in [9.17, 15) is 24.5 Å². The van der Waals surface area contributed by atoms with E-state index in [0.717, 1.165) is 17.7 Å². The van der Waals surface area contributed by atoms with Gasteiger partial charge in [-0.15, -0.1) is 0 Å². The first-order valence-corrected chi connectivity index (χ1v) is 9.24. The van der Waals surface area contributed by atoms with E-state index in [2.05, 4.69) is 10.6 Å². The summed E-state index contributed by atoms with van der Waals surface area (Å²) in [5.74, 6) is -0.972. The quantitative estimate of drug-likeness (QED) is 0.357. The van der Waals surface area contributed by atoms with Crippen molar-refractivity contribution in [2.75, 3.05) is 5.32 Å². The maximum absolute atomic E-state index is 12.9. The molecule has 9 nitrogen and oxygen atoms in total. The summed E-state index contributed by atoms with van der Waals surface area (Å²) in [7, 11) is 0. The Hall–Kier alpha value is -3.23. The van der Waals surface area contributed by atoms with Gasteiger partial charge in [0, 0.05) is 17.8 Å². The molecule has 4 aliphatic rings. The van der Waals surface area contributed by atoms with Crippen molar-refractivity contribution < 1.29 is 19.3 Å². The first-order valence-electron chi connectivity index (χ1n) is 9.24. The molecular weight excluding hydrogens is 364 g/mol. The number of nitro benzene ring substituents is 1. The topological polar surface area (TPSA) is 122 Å². The Kier molecular flexibility index (Phi) is 4.37. The number of carbonyl (C=O) groups excluding carboxylic acids is 3. The van der Waals surface area contributed by atoms with Crippen LogP contribution in [0.2, 0.25) is 0 Å². The highest BCUT2D eigenvalue weighted by Gasteiger charge is 2.57. The first kappa shape index (κ1) is 18.1. The number of anilines is 1. The molecule has 1 aromatic carbocycles. The monoisotopic (exact) mass is 384 g/mol. The molecule has 1 saturated heterocycles. The number of likely N-dealkylation sites (tertiary alicyclic amines) is 1. The number of non-ortho nitro benzene ring substituents is 1. The van der Waals surface area contributed by atoms with Crippen LogP contribution >= 0.6 is 0 Å². The number of rotatable bonds is 4. The van der Waals surface area contributed by atoms with Crippen molar-refractivity contribution in [1.29, 1.82) is 0 Å². The summed E-state index contributed by atoms with van der Waals surface area (Å²) < 4.78 is 0. The van der Waals surface area contributed by atoms with Crippen molar-refractivity contribution >= 4 is 29.2 Å². The van der Waals surface area contributed by atoms with Gasteiger partial charge >= 0.3 is 6.03 Å². The number of hydrogen-bond acceptors (Lipinski definition) is 5. The van der Waals surface area contributed by atoms with E-state index in [0.29, 0.717) is 0 Å². The number of nitrogens with one attached hydrogen (secondary N) is 2. The molecule has 5 rings (SSSR count). The Morgan fingerprint density at radius 1 is 1.18 bits per heavy atom. The lowest BCUT2D eigenvalue weighted by Crippen LogP contribution is -2.50. The fourth-order valence-electron chi connectivity index (χ4n) is 4.60. The zero-order chi connectivity index (χ0) is 20.0. The number of carbonyl (C=O) groups is 3. The second-order valence-corrected chi connectivity index (χ2v) is 7.47. The Balaban J connectivity index is 1.44. The van der Waals surface area contributed by atoms with Gasteiger partial charge in [-0.05, 0) is 37.7 Å². The third-order valence-electron chi connectivity index (χ3n) is 5.84. The number of allylic oxidation sites excluding steroid dienone is 2. The van der Waals surface area contributed by atoms with Gasteiger partial charge in [0.2, 0.25) is 11.8 Å². The van der Waals surface area contributed by atoms with Crippen molar-refractivity contribution in [2.45, 2.75) is 25.9 Å². The summed E-state index contributed by atoms with van der Waals surface area (Å²) in [5.41, 5.74) is 0.0942. The number of nitrogens with zero attached hydrogens (tertiary/aromatic N) is 2. The van der Waals surface area contributed by atoms with Crippen molar-refractivity contribution in [3.8, 4) is 0 Å². The lowest BCUT2D eigenvalue weighted by molar-refractivity contribution is -0.384. The van der Waals surface area contributed by atoms with E-state index in [4.69, 9.17) is 0 Å². The molecule has 0 radical (unpaired) electrons. The molecule has 28 heavy (non-hydrogen) atoms. The summed E-state index contributed by atoms with van der Waals surface area (Å²) in [6.07, 6.45) is 5.08. The van der Waals surface area contributed by atoms with E-state index < -0.39 is 17.1 Å². The van der Waals surface area contributed by atoms with E-state index in [1.807, 2.05) is 12.2 Å². The Morgan fingerprint density at radius 3 is 2.32 bits per heavy atom. The lowest BCUT2D eigenvalue weighted by atomic mass is 9.63. The first-order chi connectivity index (χ1) is 13.4. The summed E-state index contributed by atoms with van der Waals surface area (Å²) in [6.45, 7) is 1.58. The predicted octanol–water partition coefficient (Wildman–Crippen LogP) is 2.26. The highest BCUT2D eigenvalue weighted by atomic mass is 16.6. The fourth-order valence-corrected chi connectivity index (χ4v) is 4.60. The van der Waals surface area contributed by atoms with Crippen LogP contribution in [0.4, 0.5) is 16.2 Å². The smallest absolute Gasteiger partial charge is 0.317 e. The maximum Gasteiger partial charge on any atom is 0.320 e. The molecule has 2 bridgehead atoms. The molecule has 3 aliphatic carbocycles. The maximum atomic E-state index is 12.9. The molecule has 1 aliphatic heterocycles. The fraction of sp³-hybridized carbons (Fsp3) is 0.421. The van der Waals surface area contributed by atoms with Crippen LogP contribution in [-0.4, -0.2) is 33.8 Å². The number of hydrogen-bond donors (Lipinski definition) is 2. The molecule has 1 aromatic rings. The number of amides is 4. The van der Waals surface area contributed by atoms with E-state index in [-0.39, 0.29) is 46.9 Å². The van der Waals surface area contributed by atoms with Gasteiger partial charge in [-0.25, -0.2) is 4.79 Å². The molecule has 5 atom stereocenters. The molecule has 0 aromatic heterocycles. The predicted molar refractivity (Wildman–Crippen MR) is 98.9 cm³/mol. The third-order valence-corrected chi connectivity index (χ3v) is 5.84. The van der Waals surface area contributed by atoms with Crippen LogP contribution in [-0.2, 0) is 9.59 Å². The van der Waals surface area contributed by atoms with E-state index in [1.165, 1.54) is 24.3 Å². The number of benzene rings is 1. The second kappa shape index (κ2) is 6.74. The molecule has 1 heterocycles. The van der Waals surface area contributed by atoms with Crippen LogP contribution in [0.25, 0.3) is 0 Å². The van der Waals surface area contributed by atoms with Crippen LogP contribution in [0.1, 0.15) is 19.8 Å². The van der Waals surface area contributed by atoms with Crippen molar-refractivity contribution in [2.24, 2.45) is 23.7 Å². The minimum absolute atomic E-state index is 0.0855. The largest absolute Gasteiger partial charge is 0.320 e. The highest BCUT2D eigenvalue weighted by molar-refractivity contribution is 6.06. The Morgan fingerprint density at radius 2 is 1.79 bits per heavy atom. The molecule has 2 fully saturated rings. The van der Waals surface area contributed by atoms with Gasteiger partial charge in [-0.3, -0.25) is 24.6 Å². The highest BCUT2D eigenvalue weighted by Crippen LogP contribution is 2.49. The van der Waals surface area contributed by atoms with Crippen LogP contribution in [0, 0.1) is 33.8 Å². The molecule has 146 valence electrons. The Bertz CT molecular complexity index is 866. The van der Waals surface area contributed by atoms with E-state index in [1.54, 1.807) is 6.92 Å². The lowest BCUT2D eigenvalue weighted by Gasteiger charge is -2.38. The average Bonchev–Trinajstić information content (AvgIpc) is 2.95. The normalized spacial score (nSPS) is 28.8. The van der Waals surface area contributed by atoms with Crippen LogP contribution < -0.4 is 10.6 Å². The molecule has 0 spiro atoms. The minimum Gasteiger partial charge on any atom is -0.317 e. The summed E-state index contributed by atoms with van der Waals surface area (Å²) in [4.78, 5) is 49.4. The molecule has 1 saturated carbocycles. The van der Waals surface area contributed by atoms with Gasteiger partial charge in [0.05, 0.1) is 16.8 Å². The van der Waals surface area contributed by atoms with Gasteiger partial charge in [0.1, 0.15) is 6.17 Å². The summed E-state index contributed by atoms with van der Waals surface area (Å²) in [5, 5.41) is 15.9. The number of urea groups is 1. The third kappa shape index (κ3) is 2.92. The number of nitro groups is 1. The van der Waals surface area contributed by atoms with Crippen molar-refractivity contribution in [3.63, 3.8) is 0 Å². The van der Waals surface area contributed by atoms with Crippen LogP contribution in [0.3, 0.4) is 0 Å². The summed E-state index contributed by atoms with van der Waals surface area (Å²) in [6, 6.07) is 4.87. The van der Waals surface area contributed by atoms with Gasteiger partial charge in [-0.2, -0.15) is 0 Å². The van der Waals surface area contributed by atoms with Crippen LogP contribution in [0.15, 0.2) is 36.4 Å². The molecule has 2 N–H and O–H groups in total. The summed E-state index contributed by atoms with van der Waals surface area (Å²) >= 11 is 0. The minimum atomic E-state index is -0.816. The van der Waals surface area contributed by atoms with E-state index >= 15 is 0 Å². The van der Waals surface area contributed by atoms with Crippen molar-refractivity contribution in [1.82, 2.24) is 10.2 Å². The molecule has 9 heteroatoms. The zero-order valence-electron chi connectivity index (χ0n) is 15.2. The molecular formula is C19H20N4O5.